The van der Waals surface area contributed by atoms with Crippen molar-refractivity contribution in [3.8, 4) is 11.5 Å². The van der Waals surface area contributed by atoms with Crippen LogP contribution in [0.15, 0.2) is 23.4 Å². The molecular formula is C12H14N2O4. The number of amides is 1. The van der Waals surface area contributed by atoms with Crippen LogP contribution in [0.3, 0.4) is 0 Å². The maximum absolute atomic E-state index is 11.2. The molecule has 18 heavy (non-hydrogen) atoms. The van der Waals surface area contributed by atoms with Crippen LogP contribution in [-0.2, 0) is 4.79 Å². The number of rotatable bonds is 4. The zero-order valence-corrected chi connectivity index (χ0v) is 9.97. The van der Waals surface area contributed by atoms with Gasteiger partial charge in [0.05, 0.1) is 0 Å². The maximum atomic E-state index is 11.2. The number of likely N-dealkylation sites (N-methyl/N-ethyl adjacent to an activating group) is 1. The zero-order chi connectivity index (χ0) is 13.0. The summed E-state index contributed by atoms with van der Waals surface area (Å²) in [5.41, 5.74) is 1.23. The van der Waals surface area contributed by atoms with Crippen molar-refractivity contribution in [2.45, 2.75) is 6.92 Å². The Labute approximate surface area is 104 Å². The van der Waals surface area contributed by atoms with E-state index in [4.69, 9.17) is 14.7 Å². The molecule has 6 heteroatoms. The molecule has 1 aromatic rings. The van der Waals surface area contributed by atoms with E-state index in [0.29, 0.717) is 23.8 Å². The second kappa shape index (κ2) is 5.39. The molecule has 0 radical (unpaired) electrons. The standard InChI is InChI=1S/C12H14N2O4/c1-2-13-12(15)7-17-8-3-4-9-10(14-16)6-18-11(9)5-8/h3-5,16H,2,6-7H2,1H3,(H,13,15). The quantitative estimate of drug-likeness (QED) is 0.611. The molecule has 96 valence electrons. The predicted molar refractivity (Wildman–Crippen MR) is 64.4 cm³/mol. The van der Waals surface area contributed by atoms with Gasteiger partial charge in [-0.3, -0.25) is 4.79 Å². The molecule has 0 saturated carbocycles. The Kier molecular flexibility index (Phi) is 3.66. The van der Waals surface area contributed by atoms with E-state index in [-0.39, 0.29) is 19.1 Å². The highest BCUT2D eigenvalue weighted by molar-refractivity contribution is 6.06. The lowest BCUT2D eigenvalue weighted by atomic mass is 10.1. The molecule has 2 rings (SSSR count). The fourth-order valence-electron chi connectivity index (χ4n) is 1.65. The summed E-state index contributed by atoms with van der Waals surface area (Å²) in [6.45, 7) is 2.63. The van der Waals surface area contributed by atoms with Gasteiger partial charge in [-0.25, -0.2) is 0 Å². The van der Waals surface area contributed by atoms with Crippen LogP contribution < -0.4 is 14.8 Å². The third-order valence-corrected chi connectivity index (χ3v) is 2.49. The minimum atomic E-state index is -0.170. The van der Waals surface area contributed by atoms with Crippen molar-refractivity contribution >= 4 is 11.6 Å². The zero-order valence-electron chi connectivity index (χ0n) is 9.97. The Morgan fingerprint density at radius 1 is 1.61 bits per heavy atom. The largest absolute Gasteiger partial charge is 0.486 e. The van der Waals surface area contributed by atoms with Crippen LogP contribution in [0, 0.1) is 0 Å². The molecule has 1 aliphatic heterocycles. The number of ether oxygens (including phenoxy) is 2. The van der Waals surface area contributed by atoms with Crippen molar-refractivity contribution < 1.29 is 19.5 Å². The summed E-state index contributed by atoms with van der Waals surface area (Å²) >= 11 is 0. The molecule has 0 fully saturated rings. The Bertz CT molecular complexity index is 485. The van der Waals surface area contributed by atoms with E-state index in [1.807, 2.05) is 6.92 Å². The highest BCUT2D eigenvalue weighted by atomic mass is 16.5. The van der Waals surface area contributed by atoms with Gasteiger partial charge in [0.1, 0.15) is 23.8 Å². The Morgan fingerprint density at radius 2 is 2.44 bits per heavy atom. The average Bonchev–Trinajstić information content (AvgIpc) is 2.79. The summed E-state index contributed by atoms with van der Waals surface area (Å²) in [5, 5.41) is 14.5. The number of benzene rings is 1. The molecule has 6 nitrogen and oxygen atoms in total. The molecule has 1 heterocycles. The average molecular weight is 250 g/mol. The monoisotopic (exact) mass is 250 g/mol. The molecule has 1 aromatic carbocycles. The molecule has 1 amide bonds. The molecule has 1 aliphatic rings. The molecule has 0 aromatic heterocycles. The molecule has 2 N–H and O–H groups in total. The Hall–Kier alpha value is -2.24. The van der Waals surface area contributed by atoms with Gasteiger partial charge in [0.25, 0.3) is 5.91 Å². The van der Waals surface area contributed by atoms with Crippen LogP contribution in [0.1, 0.15) is 12.5 Å². The van der Waals surface area contributed by atoms with Crippen LogP contribution in [-0.4, -0.2) is 36.6 Å². The number of carbonyl (C=O) groups is 1. The van der Waals surface area contributed by atoms with Gasteiger partial charge in [-0.1, -0.05) is 5.16 Å². The lowest BCUT2D eigenvalue weighted by molar-refractivity contribution is -0.122. The van der Waals surface area contributed by atoms with Crippen LogP contribution >= 0.6 is 0 Å². The molecule has 0 saturated heterocycles. The number of nitrogens with one attached hydrogen (secondary N) is 1. The molecule has 0 aliphatic carbocycles. The van der Waals surface area contributed by atoms with Crippen LogP contribution in [0.4, 0.5) is 0 Å². The number of nitrogens with zero attached hydrogens (tertiary/aromatic N) is 1. The summed E-state index contributed by atoms with van der Waals surface area (Å²) in [7, 11) is 0. The van der Waals surface area contributed by atoms with E-state index in [1.54, 1.807) is 18.2 Å². The first-order valence-corrected chi connectivity index (χ1v) is 5.62. The first-order valence-electron chi connectivity index (χ1n) is 5.62. The fraction of sp³-hybridized carbons (Fsp3) is 0.333. The van der Waals surface area contributed by atoms with Gasteiger partial charge >= 0.3 is 0 Å². The van der Waals surface area contributed by atoms with Gasteiger partial charge in [0.2, 0.25) is 0 Å². The molecular weight excluding hydrogens is 236 g/mol. The second-order valence-electron chi connectivity index (χ2n) is 3.74. The fourth-order valence-corrected chi connectivity index (χ4v) is 1.65. The molecule has 0 spiro atoms. The molecule has 0 bridgehead atoms. The number of oxime groups is 1. The van der Waals surface area contributed by atoms with Gasteiger partial charge in [-0.15, -0.1) is 0 Å². The minimum absolute atomic E-state index is 0.0342. The van der Waals surface area contributed by atoms with Gasteiger partial charge in [0, 0.05) is 18.2 Å². The molecule has 0 atom stereocenters. The van der Waals surface area contributed by atoms with Gasteiger partial charge < -0.3 is 20.0 Å². The van der Waals surface area contributed by atoms with E-state index in [0.717, 1.165) is 5.56 Å². The summed E-state index contributed by atoms with van der Waals surface area (Å²) < 4.78 is 10.6. The number of hydrogen-bond acceptors (Lipinski definition) is 5. The number of carbonyl (C=O) groups excluding carboxylic acids is 1. The Morgan fingerprint density at radius 3 is 3.17 bits per heavy atom. The number of fused-ring (bicyclic) bond motifs is 1. The van der Waals surface area contributed by atoms with Crippen LogP contribution in [0.5, 0.6) is 11.5 Å². The van der Waals surface area contributed by atoms with E-state index >= 15 is 0 Å². The molecule has 0 unspecified atom stereocenters. The topological polar surface area (TPSA) is 80.2 Å². The highest BCUT2D eigenvalue weighted by Gasteiger charge is 2.20. The highest BCUT2D eigenvalue weighted by Crippen LogP contribution is 2.29. The van der Waals surface area contributed by atoms with E-state index in [1.165, 1.54) is 0 Å². The maximum Gasteiger partial charge on any atom is 0.257 e. The number of hydrogen-bond donors (Lipinski definition) is 2. The van der Waals surface area contributed by atoms with E-state index in [2.05, 4.69) is 10.5 Å². The Balaban J connectivity index is 2.02. The van der Waals surface area contributed by atoms with Gasteiger partial charge in [-0.2, -0.15) is 0 Å². The minimum Gasteiger partial charge on any atom is -0.486 e. The van der Waals surface area contributed by atoms with Crippen LogP contribution in [0.2, 0.25) is 0 Å². The smallest absolute Gasteiger partial charge is 0.257 e. The van der Waals surface area contributed by atoms with E-state index < -0.39 is 0 Å². The SMILES string of the molecule is CCNC(=O)COc1ccc2c(c1)OCC2=NO. The van der Waals surface area contributed by atoms with Gasteiger partial charge in [0.15, 0.2) is 6.61 Å². The third kappa shape index (κ3) is 2.53. The van der Waals surface area contributed by atoms with Crippen molar-refractivity contribution in [1.82, 2.24) is 5.32 Å². The van der Waals surface area contributed by atoms with Crippen molar-refractivity contribution in [3.05, 3.63) is 23.8 Å². The van der Waals surface area contributed by atoms with Crippen molar-refractivity contribution in [1.29, 1.82) is 0 Å². The second-order valence-corrected chi connectivity index (χ2v) is 3.74. The van der Waals surface area contributed by atoms with Crippen molar-refractivity contribution in [2.24, 2.45) is 5.16 Å². The normalized spacial score (nSPS) is 15.1. The summed E-state index contributed by atoms with van der Waals surface area (Å²) in [4.78, 5) is 11.2. The summed E-state index contributed by atoms with van der Waals surface area (Å²) in [5.74, 6) is 0.965. The van der Waals surface area contributed by atoms with Gasteiger partial charge in [-0.05, 0) is 19.1 Å². The first-order chi connectivity index (χ1) is 8.74. The van der Waals surface area contributed by atoms with E-state index in [9.17, 15) is 4.79 Å². The van der Waals surface area contributed by atoms with Crippen molar-refractivity contribution in [3.63, 3.8) is 0 Å². The van der Waals surface area contributed by atoms with Crippen molar-refractivity contribution in [2.75, 3.05) is 19.8 Å². The first kappa shape index (κ1) is 12.2. The summed E-state index contributed by atoms with van der Waals surface area (Å²) in [6.07, 6.45) is 0. The lowest BCUT2D eigenvalue weighted by Crippen LogP contribution is -2.28. The van der Waals surface area contributed by atoms with Crippen LogP contribution in [0.25, 0.3) is 0 Å². The summed E-state index contributed by atoms with van der Waals surface area (Å²) in [6, 6.07) is 5.12. The predicted octanol–water partition coefficient (Wildman–Crippen LogP) is 0.772. The lowest BCUT2D eigenvalue weighted by Gasteiger charge is -2.07. The third-order valence-electron chi connectivity index (χ3n) is 2.49.